The lowest BCUT2D eigenvalue weighted by molar-refractivity contribution is 0.164. The smallest absolute Gasteiger partial charge is 0.119 e. The van der Waals surface area contributed by atoms with Gasteiger partial charge >= 0.3 is 0 Å². The molecule has 1 aliphatic rings. The molecule has 1 atom stereocenters. The van der Waals surface area contributed by atoms with Gasteiger partial charge in [-0.2, -0.15) is 0 Å². The second-order valence-corrected chi connectivity index (χ2v) is 5.09. The van der Waals surface area contributed by atoms with Gasteiger partial charge in [0.25, 0.3) is 0 Å². The molecular formula is C16H28Cl2N2O. The predicted octanol–water partition coefficient (Wildman–Crippen LogP) is 3.68. The third-order valence-electron chi connectivity index (χ3n) is 3.73. The fourth-order valence-corrected chi connectivity index (χ4v) is 2.78. The third kappa shape index (κ3) is 6.03. The zero-order chi connectivity index (χ0) is 13.5. The zero-order valence-corrected chi connectivity index (χ0v) is 14.6. The molecule has 2 rings (SSSR count). The summed E-state index contributed by atoms with van der Waals surface area (Å²) in [6.45, 7) is 9.54. The van der Waals surface area contributed by atoms with Gasteiger partial charge in [0.1, 0.15) is 5.75 Å². The van der Waals surface area contributed by atoms with Gasteiger partial charge in [0.05, 0.1) is 6.61 Å². The fraction of sp³-hybridized carbons (Fsp3) is 0.625. The Morgan fingerprint density at radius 3 is 2.24 bits per heavy atom. The van der Waals surface area contributed by atoms with Crippen molar-refractivity contribution in [3.63, 3.8) is 0 Å². The molecule has 1 aromatic carbocycles. The fourth-order valence-electron chi connectivity index (χ4n) is 2.78. The Bertz CT molecular complexity index is 367. The van der Waals surface area contributed by atoms with Crippen LogP contribution in [0.5, 0.6) is 5.75 Å². The van der Waals surface area contributed by atoms with Gasteiger partial charge in [0.2, 0.25) is 0 Å². The van der Waals surface area contributed by atoms with Crippen LogP contribution < -0.4 is 10.1 Å². The van der Waals surface area contributed by atoms with Crippen LogP contribution >= 0.6 is 24.8 Å². The van der Waals surface area contributed by atoms with Crippen LogP contribution in [-0.4, -0.2) is 37.7 Å². The Labute approximate surface area is 141 Å². The standard InChI is InChI=1S/C16H26N2O.2ClH/c1-3-5-16(18-12-10-17-11-13-18)14-6-8-15(9-7-14)19-4-2;;/h6-9,16-17H,3-5,10-13H2,1-2H3;2*1H/t16-;;/m0../s1. The van der Waals surface area contributed by atoms with Crippen molar-refractivity contribution >= 4 is 24.8 Å². The molecule has 5 heteroatoms. The summed E-state index contributed by atoms with van der Waals surface area (Å²) in [5.41, 5.74) is 1.42. The summed E-state index contributed by atoms with van der Waals surface area (Å²) in [4.78, 5) is 2.61. The van der Waals surface area contributed by atoms with Crippen LogP contribution in [0.25, 0.3) is 0 Å². The molecule has 1 aromatic rings. The third-order valence-corrected chi connectivity index (χ3v) is 3.73. The van der Waals surface area contributed by atoms with Crippen LogP contribution in [0.1, 0.15) is 38.3 Å². The van der Waals surface area contributed by atoms with E-state index in [1.807, 2.05) is 6.92 Å². The van der Waals surface area contributed by atoms with Crippen molar-refractivity contribution in [2.45, 2.75) is 32.7 Å². The van der Waals surface area contributed by atoms with Crippen LogP contribution in [-0.2, 0) is 0 Å². The number of nitrogens with one attached hydrogen (secondary N) is 1. The Balaban J connectivity index is 0.00000200. The molecular weight excluding hydrogens is 307 g/mol. The zero-order valence-electron chi connectivity index (χ0n) is 13.0. The van der Waals surface area contributed by atoms with Crippen LogP contribution in [0.2, 0.25) is 0 Å². The monoisotopic (exact) mass is 334 g/mol. The quantitative estimate of drug-likeness (QED) is 0.858. The van der Waals surface area contributed by atoms with E-state index in [2.05, 4.69) is 41.4 Å². The van der Waals surface area contributed by atoms with E-state index in [0.717, 1.165) is 38.5 Å². The Kier molecular flexibility index (Phi) is 10.9. The minimum atomic E-state index is 0. The van der Waals surface area contributed by atoms with Gasteiger partial charge < -0.3 is 10.1 Å². The molecule has 0 unspecified atom stereocenters. The Morgan fingerprint density at radius 2 is 1.71 bits per heavy atom. The molecule has 0 aliphatic carbocycles. The van der Waals surface area contributed by atoms with Crippen LogP contribution in [0, 0.1) is 0 Å². The Morgan fingerprint density at radius 1 is 1.10 bits per heavy atom. The normalized spacial score (nSPS) is 16.5. The summed E-state index contributed by atoms with van der Waals surface area (Å²) in [6.07, 6.45) is 2.45. The van der Waals surface area contributed by atoms with Gasteiger partial charge in [-0.05, 0) is 31.0 Å². The summed E-state index contributed by atoms with van der Waals surface area (Å²) in [5, 5.41) is 3.43. The van der Waals surface area contributed by atoms with E-state index in [4.69, 9.17) is 4.74 Å². The number of rotatable bonds is 6. The first kappa shape index (κ1) is 20.5. The van der Waals surface area contributed by atoms with Crippen molar-refractivity contribution in [3.05, 3.63) is 29.8 Å². The average Bonchev–Trinajstić information content (AvgIpc) is 2.47. The molecule has 0 aromatic heterocycles. The minimum Gasteiger partial charge on any atom is -0.494 e. The Hall–Kier alpha value is -0.480. The molecule has 0 radical (unpaired) electrons. The minimum absolute atomic E-state index is 0. The maximum Gasteiger partial charge on any atom is 0.119 e. The maximum atomic E-state index is 5.52. The van der Waals surface area contributed by atoms with E-state index in [1.165, 1.54) is 18.4 Å². The van der Waals surface area contributed by atoms with E-state index in [0.29, 0.717) is 6.04 Å². The van der Waals surface area contributed by atoms with E-state index < -0.39 is 0 Å². The maximum absolute atomic E-state index is 5.52. The molecule has 1 fully saturated rings. The first-order valence-corrected chi connectivity index (χ1v) is 7.52. The first-order chi connectivity index (χ1) is 9.35. The van der Waals surface area contributed by atoms with Gasteiger partial charge in [-0.25, -0.2) is 0 Å². The number of hydrogen-bond donors (Lipinski definition) is 1. The number of piperazine rings is 1. The van der Waals surface area contributed by atoms with Gasteiger partial charge in [0, 0.05) is 32.2 Å². The topological polar surface area (TPSA) is 24.5 Å². The summed E-state index contributed by atoms with van der Waals surface area (Å²) >= 11 is 0. The lowest BCUT2D eigenvalue weighted by Gasteiger charge is -2.35. The summed E-state index contributed by atoms with van der Waals surface area (Å²) in [6, 6.07) is 9.22. The summed E-state index contributed by atoms with van der Waals surface area (Å²) < 4.78 is 5.52. The first-order valence-electron chi connectivity index (χ1n) is 7.52. The van der Waals surface area contributed by atoms with E-state index in [-0.39, 0.29) is 24.8 Å². The van der Waals surface area contributed by atoms with Crippen molar-refractivity contribution < 1.29 is 4.74 Å². The lowest BCUT2D eigenvalue weighted by Crippen LogP contribution is -2.45. The SMILES string of the molecule is CCC[C@@H](c1ccc(OCC)cc1)N1CCNCC1.Cl.Cl. The molecule has 1 aliphatic heterocycles. The number of benzene rings is 1. The summed E-state index contributed by atoms with van der Waals surface area (Å²) in [7, 11) is 0. The second kappa shape index (κ2) is 11.1. The molecule has 1 heterocycles. The molecule has 1 N–H and O–H groups in total. The van der Waals surface area contributed by atoms with Crippen LogP contribution in [0.4, 0.5) is 0 Å². The van der Waals surface area contributed by atoms with Crippen molar-refractivity contribution in [2.24, 2.45) is 0 Å². The van der Waals surface area contributed by atoms with Gasteiger partial charge in [-0.1, -0.05) is 25.5 Å². The van der Waals surface area contributed by atoms with Crippen molar-refractivity contribution in [2.75, 3.05) is 32.8 Å². The average molecular weight is 335 g/mol. The predicted molar refractivity (Wildman–Crippen MR) is 94.2 cm³/mol. The van der Waals surface area contributed by atoms with Gasteiger partial charge in [0.15, 0.2) is 0 Å². The molecule has 0 spiro atoms. The van der Waals surface area contributed by atoms with E-state index in [9.17, 15) is 0 Å². The molecule has 0 saturated carbocycles. The highest BCUT2D eigenvalue weighted by molar-refractivity contribution is 5.85. The molecule has 0 amide bonds. The second-order valence-electron chi connectivity index (χ2n) is 5.09. The molecule has 3 nitrogen and oxygen atoms in total. The van der Waals surface area contributed by atoms with Gasteiger partial charge in [-0.3, -0.25) is 4.90 Å². The van der Waals surface area contributed by atoms with Crippen LogP contribution in [0.3, 0.4) is 0 Å². The van der Waals surface area contributed by atoms with E-state index in [1.54, 1.807) is 0 Å². The van der Waals surface area contributed by atoms with Crippen molar-refractivity contribution in [1.82, 2.24) is 10.2 Å². The van der Waals surface area contributed by atoms with Crippen molar-refractivity contribution in [3.8, 4) is 5.75 Å². The van der Waals surface area contributed by atoms with E-state index >= 15 is 0 Å². The lowest BCUT2D eigenvalue weighted by atomic mass is 10.00. The molecule has 1 saturated heterocycles. The molecule has 122 valence electrons. The number of hydrogen-bond acceptors (Lipinski definition) is 3. The van der Waals surface area contributed by atoms with Gasteiger partial charge in [-0.15, -0.1) is 24.8 Å². The highest BCUT2D eigenvalue weighted by atomic mass is 35.5. The largest absolute Gasteiger partial charge is 0.494 e. The van der Waals surface area contributed by atoms with Crippen LogP contribution in [0.15, 0.2) is 24.3 Å². The number of halogens is 2. The number of nitrogens with zero attached hydrogens (tertiary/aromatic N) is 1. The van der Waals surface area contributed by atoms with Crippen molar-refractivity contribution in [1.29, 1.82) is 0 Å². The molecule has 21 heavy (non-hydrogen) atoms. The molecule has 0 bridgehead atoms. The highest BCUT2D eigenvalue weighted by Gasteiger charge is 2.21. The highest BCUT2D eigenvalue weighted by Crippen LogP contribution is 2.27. The number of ether oxygens (including phenoxy) is 1. The summed E-state index contributed by atoms with van der Waals surface area (Å²) in [5.74, 6) is 0.974.